The number of ether oxygens (including phenoxy) is 1. The zero-order chi connectivity index (χ0) is 23.5. The van der Waals surface area contributed by atoms with Crippen LogP contribution in [0.5, 0.6) is 0 Å². The van der Waals surface area contributed by atoms with Gasteiger partial charge in [0.15, 0.2) is 0 Å². The first-order valence-corrected chi connectivity index (χ1v) is 11.5. The van der Waals surface area contributed by atoms with E-state index in [0.29, 0.717) is 16.1 Å². The van der Waals surface area contributed by atoms with Crippen molar-refractivity contribution in [2.24, 2.45) is 0 Å². The number of nitrogen functional groups attached to an aromatic ring is 1. The molecular weight excluding hydrogens is 466 g/mol. The average molecular weight is 485 g/mol. The highest BCUT2D eigenvalue weighted by molar-refractivity contribution is 7.99. The van der Waals surface area contributed by atoms with Crippen LogP contribution >= 0.6 is 23.1 Å². The van der Waals surface area contributed by atoms with Gasteiger partial charge in [0, 0.05) is 10.6 Å². The smallest absolute Gasteiger partial charge is 0.345 e. The number of fused-ring (bicyclic) bond motifs is 1. The first-order chi connectivity index (χ1) is 15.9. The zero-order valence-corrected chi connectivity index (χ0v) is 19.0. The van der Waals surface area contributed by atoms with Crippen molar-refractivity contribution in [3.05, 3.63) is 82.9 Å². The third-order valence-electron chi connectivity index (χ3n) is 4.64. The Morgan fingerprint density at radius 3 is 2.55 bits per heavy atom. The van der Waals surface area contributed by atoms with Crippen LogP contribution in [0.3, 0.4) is 0 Å². The predicted molar refractivity (Wildman–Crippen MR) is 127 cm³/mol. The maximum Gasteiger partial charge on any atom is 0.345 e. The van der Waals surface area contributed by atoms with Crippen LogP contribution in [-0.4, -0.2) is 22.7 Å². The molecule has 3 N–H and O–H groups in total. The minimum absolute atomic E-state index is 0.0142. The van der Waals surface area contributed by atoms with Crippen molar-refractivity contribution < 1.29 is 23.4 Å². The van der Waals surface area contributed by atoms with E-state index in [2.05, 4.69) is 4.98 Å². The van der Waals surface area contributed by atoms with Gasteiger partial charge in [-0.1, -0.05) is 36.0 Å². The van der Waals surface area contributed by atoms with E-state index in [4.69, 9.17) is 10.5 Å². The number of para-hydroxylation sites is 2. The monoisotopic (exact) mass is 484 g/mol. The molecule has 168 valence electrons. The molecule has 3 aromatic carbocycles. The van der Waals surface area contributed by atoms with Crippen LogP contribution in [0.25, 0.3) is 21.5 Å². The number of nitrogens with two attached hydrogens (primary N) is 1. The molecule has 0 atom stereocenters. The summed E-state index contributed by atoms with van der Waals surface area (Å²) in [5.74, 6) is -3.32. The first-order valence-electron chi connectivity index (χ1n) is 9.87. The number of hydrogen-bond donors (Lipinski definition) is 2. The summed E-state index contributed by atoms with van der Waals surface area (Å²) in [6, 6.07) is 15.8. The van der Waals surface area contributed by atoms with Gasteiger partial charge in [-0.15, -0.1) is 11.3 Å². The second-order valence-corrected chi connectivity index (χ2v) is 8.95. The quantitative estimate of drug-likeness (QED) is 0.145. The molecule has 0 saturated heterocycles. The number of aromatic nitrogens is 1. The Kier molecular flexibility index (Phi) is 6.62. The fourth-order valence-electron chi connectivity index (χ4n) is 3.08. The maximum absolute atomic E-state index is 15.0. The van der Waals surface area contributed by atoms with Crippen LogP contribution < -0.4 is 5.73 Å². The third kappa shape index (κ3) is 4.69. The van der Waals surface area contributed by atoms with E-state index in [-0.39, 0.29) is 22.1 Å². The van der Waals surface area contributed by atoms with Gasteiger partial charge in [0.2, 0.25) is 0 Å². The summed E-state index contributed by atoms with van der Waals surface area (Å²) in [6.07, 6.45) is 0. The van der Waals surface area contributed by atoms with Crippen molar-refractivity contribution in [3.8, 4) is 0 Å². The number of benzene rings is 3. The molecule has 0 spiro atoms. The van der Waals surface area contributed by atoms with Gasteiger partial charge in [0.05, 0.1) is 27.3 Å². The van der Waals surface area contributed by atoms with E-state index in [1.54, 1.807) is 49.4 Å². The minimum atomic E-state index is -0.909. The molecule has 0 aliphatic rings. The molecule has 0 saturated carbocycles. The summed E-state index contributed by atoms with van der Waals surface area (Å²) in [4.78, 5) is 17.6. The standard InChI is InChI=1S/C24H18F2N2O3S2/c1-2-31-24(30)21(23-28-17-8-4-6-10-19(17)33-23)22(29)13-11-15(26)20(12-14(13)25)32-18-9-5-3-7-16(18)27/h3-12,29H,2,27H2,1H3. The van der Waals surface area contributed by atoms with Crippen molar-refractivity contribution in [1.82, 2.24) is 4.98 Å². The molecule has 0 radical (unpaired) electrons. The number of aliphatic hydroxyl groups excluding tert-OH is 1. The lowest BCUT2D eigenvalue weighted by molar-refractivity contribution is -0.136. The fourth-order valence-corrected chi connectivity index (χ4v) is 4.97. The Bertz CT molecular complexity index is 1350. The second kappa shape index (κ2) is 9.60. The molecule has 1 aromatic heterocycles. The van der Waals surface area contributed by atoms with E-state index in [1.165, 1.54) is 0 Å². The highest BCUT2D eigenvalue weighted by Gasteiger charge is 2.26. The Morgan fingerprint density at radius 1 is 1.09 bits per heavy atom. The van der Waals surface area contributed by atoms with E-state index in [1.807, 2.05) is 6.07 Å². The molecule has 0 amide bonds. The Hall–Kier alpha value is -3.43. The number of nitrogens with zero attached hydrogens (tertiary/aromatic N) is 1. The topological polar surface area (TPSA) is 85.4 Å². The van der Waals surface area contributed by atoms with Crippen LogP contribution in [0.4, 0.5) is 14.5 Å². The van der Waals surface area contributed by atoms with Crippen LogP contribution in [0, 0.1) is 11.6 Å². The SMILES string of the molecule is CCOC(=O)C(=C(O)c1cc(F)c(Sc2ccccc2N)cc1F)c1nc2ccccc2s1. The van der Waals surface area contributed by atoms with E-state index < -0.39 is 28.9 Å². The molecular formula is C24H18F2N2O3S2. The highest BCUT2D eigenvalue weighted by atomic mass is 32.2. The van der Waals surface area contributed by atoms with Gasteiger partial charge in [-0.05, 0) is 43.3 Å². The summed E-state index contributed by atoms with van der Waals surface area (Å²) in [5, 5.41) is 11.0. The number of carbonyl (C=O) groups is 1. The van der Waals surface area contributed by atoms with Crippen LogP contribution in [-0.2, 0) is 9.53 Å². The van der Waals surface area contributed by atoms with Crippen molar-refractivity contribution >= 4 is 56.3 Å². The molecule has 5 nitrogen and oxygen atoms in total. The Labute approximate surface area is 196 Å². The van der Waals surface area contributed by atoms with Gasteiger partial charge in [0.25, 0.3) is 0 Å². The number of rotatable bonds is 6. The number of thiazole rings is 1. The number of anilines is 1. The van der Waals surface area contributed by atoms with E-state index in [9.17, 15) is 14.3 Å². The van der Waals surface area contributed by atoms with Gasteiger partial charge in [0.1, 0.15) is 28.0 Å². The van der Waals surface area contributed by atoms with Gasteiger partial charge >= 0.3 is 5.97 Å². The lowest BCUT2D eigenvalue weighted by atomic mass is 10.1. The minimum Gasteiger partial charge on any atom is -0.506 e. The lowest BCUT2D eigenvalue weighted by Crippen LogP contribution is -2.10. The maximum atomic E-state index is 15.0. The average Bonchev–Trinajstić information content (AvgIpc) is 3.21. The van der Waals surface area contributed by atoms with Crippen molar-refractivity contribution in [2.45, 2.75) is 16.7 Å². The van der Waals surface area contributed by atoms with Gasteiger partial charge in [-0.25, -0.2) is 18.6 Å². The van der Waals surface area contributed by atoms with Crippen molar-refractivity contribution in [2.75, 3.05) is 12.3 Å². The molecule has 0 aliphatic carbocycles. The molecule has 33 heavy (non-hydrogen) atoms. The first kappa shape index (κ1) is 22.8. The number of halogens is 2. The molecule has 0 fully saturated rings. The molecule has 0 bridgehead atoms. The van der Waals surface area contributed by atoms with Crippen LogP contribution in [0.15, 0.2) is 70.5 Å². The van der Waals surface area contributed by atoms with E-state index in [0.717, 1.165) is 39.9 Å². The largest absolute Gasteiger partial charge is 0.506 e. The summed E-state index contributed by atoms with van der Waals surface area (Å²) in [7, 11) is 0. The van der Waals surface area contributed by atoms with Crippen LogP contribution in [0.2, 0.25) is 0 Å². The number of esters is 1. The fraction of sp³-hybridized carbons (Fsp3) is 0.0833. The molecule has 1 heterocycles. The van der Waals surface area contributed by atoms with Crippen molar-refractivity contribution in [3.63, 3.8) is 0 Å². The Morgan fingerprint density at radius 2 is 1.82 bits per heavy atom. The zero-order valence-electron chi connectivity index (χ0n) is 17.3. The number of aliphatic hydroxyl groups is 1. The predicted octanol–water partition coefficient (Wildman–Crippen LogP) is 6.30. The Balaban J connectivity index is 1.81. The molecule has 0 unspecified atom stereocenters. The van der Waals surface area contributed by atoms with Crippen molar-refractivity contribution in [1.29, 1.82) is 0 Å². The number of hydrogen-bond acceptors (Lipinski definition) is 7. The summed E-state index contributed by atoms with van der Waals surface area (Å²) in [5.41, 5.74) is 6.12. The van der Waals surface area contributed by atoms with Crippen LogP contribution in [0.1, 0.15) is 17.5 Å². The van der Waals surface area contributed by atoms with E-state index >= 15 is 4.39 Å². The van der Waals surface area contributed by atoms with Gasteiger partial charge in [-0.3, -0.25) is 0 Å². The highest BCUT2D eigenvalue weighted by Crippen LogP contribution is 2.37. The third-order valence-corrected chi connectivity index (χ3v) is 6.82. The molecule has 4 rings (SSSR count). The molecule has 0 aliphatic heterocycles. The lowest BCUT2D eigenvalue weighted by Gasteiger charge is -2.11. The summed E-state index contributed by atoms with van der Waals surface area (Å²) in [6.45, 7) is 1.64. The normalized spacial score (nSPS) is 12.0. The second-order valence-electron chi connectivity index (χ2n) is 6.83. The molecule has 4 aromatic rings. The summed E-state index contributed by atoms with van der Waals surface area (Å²) >= 11 is 2.09. The van der Waals surface area contributed by atoms with Gasteiger partial charge in [-0.2, -0.15) is 0 Å². The molecule has 9 heteroatoms. The number of carbonyl (C=O) groups excluding carboxylic acids is 1. The summed E-state index contributed by atoms with van der Waals surface area (Å²) < 4.78 is 35.8. The van der Waals surface area contributed by atoms with Gasteiger partial charge < -0.3 is 15.6 Å².